The number of fused-ring (bicyclic) bond motifs is 3. The summed E-state index contributed by atoms with van der Waals surface area (Å²) in [6.45, 7) is 7.03. The Balaban J connectivity index is 1.16. The van der Waals surface area contributed by atoms with Crippen molar-refractivity contribution >= 4 is 35.5 Å². The number of carbonyl (C=O) groups is 5. The van der Waals surface area contributed by atoms with Crippen LogP contribution in [-0.4, -0.2) is 92.8 Å². The molecule has 2 N–H and O–H groups in total. The van der Waals surface area contributed by atoms with Crippen LogP contribution in [0.2, 0.25) is 0 Å². The fraction of sp³-hybridized carbons (Fsp3) is 0.583. The first kappa shape index (κ1) is 24.2. The summed E-state index contributed by atoms with van der Waals surface area (Å²) >= 11 is 0. The van der Waals surface area contributed by atoms with Crippen LogP contribution in [0.1, 0.15) is 56.0 Å². The van der Waals surface area contributed by atoms with Gasteiger partial charge in [-0.15, -0.1) is 0 Å². The third-order valence-corrected chi connectivity index (χ3v) is 7.00. The smallest absolute Gasteiger partial charge is 0.410 e. The van der Waals surface area contributed by atoms with Gasteiger partial charge in [-0.3, -0.25) is 29.4 Å². The topological polar surface area (TPSA) is 141 Å². The lowest BCUT2D eigenvalue weighted by atomic mass is 10.0. The molecule has 0 aliphatic carbocycles. The molecule has 0 aromatic carbocycles. The number of anilines is 1. The Kier molecular flexibility index (Phi) is 5.93. The summed E-state index contributed by atoms with van der Waals surface area (Å²) in [4.78, 5) is 71.1. The highest BCUT2D eigenvalue weighted by Crippen LogP contribution is 2.32. The largest absolute Gasteiger partial charge is 0.444 e. The molecule has 3 fully saturated rings. The number of rotatable bonds is 4. The minimum Gasteiger partial charge on any atom is -0.444 e. The summed E-state index contributed by atoms with van der Waals surface area (Å²) in [5.41, 5.74) is 0.505. The van der Waals surface area contributed by atoms with Gasteiger partial charge < -0.3 is 19.9 Å². The second kappa shape index (κ2) is 8.84. The molecule has 4 aliphatic rings. The molecule has 5 heterocycles. The lowest BCUT2D eigenvalue weighted by Crippen LogP contribution is -2.52. The zero-order valence-electron chi connectivity index (χ0n) is 20.6. The van der Waals surface area contributed by atoms with Crippen molar-refractivity contribution in [1.82, 2.24) is 25.0 Å². The number of pyridine rings is 1. The number of nitrogens with one attached hydrogen (secondary N) is 2. The van der Waals surface area contributed by atoms with Crippen LogP contribution in [0.25, 0.3) is 0 Å². The zero-order chi connectivity index (χ0) is 25.8. The van der Waals surface area contributed by atoms with E-state index in [4.69, 9.17) is 4.74 Å². The Morgan fingerprint density at radius 1 is 1.19 bits per heavy atom. The van der Waals surface area contributed by atoms with Crippen LogP contribution in [0.3, 0.4) is 0 Å². The maximum Gasteiger partial charge on any atom is 0.410 e. The van der Waals surface area contributed by atoms with Crippen LogP contribution in [0.5, 0.6) is 0 Å². The molecule has 3 saturated heterocycles. The molecule has 1 unspecified atom stereocenters. The van der Waals surface area contributed by atoms with Gasteiger partial charge in [0.05, 0.1) is 12.1 Å². The molecule has 0 spiro atoms. The van der Waals surface area contributed by atoms with E-state index >= 15 is 0 Å². The molecule has 5 rings (SSSR count). The number of likely N-dealkylation sites (tertiary alicyclic amines) is 2. The monoisotopic (exact) mass is 498 g/mol. The van der Waals surface area contributed by atoms with Crippen LogP contribution in [-0.2, 0) is 25.7 Å². The predicted octanol–water partition coefficient (Wildman–Crippen LogP) is 0.475. The molecule has 3 atom stereocenters. The maximum atomic E-state index is 12.8. The average Bonchev–Trinajstić information content (AvgIpc) is 3.45. The summed E-state index contributed by atoms with van der Waals surface area (Å²) in [6.07, 6.45) is 2.37. The molecule has 12 nitrogen and oxygen atoms in total. The van der Waals surface area contributed by atoms with E-state index in [2.05, 4.69) is 20.5 Å². The van der Waals surface area contributed by atoms with Gasteiger partial charge in [0.25, 0.3) is 5.91 Å². The number of aromatic nitrogens is 1. The number of piperidine rings is 1. The fourth-order valence-electron chi connectivity index (χ4n) is 5.38. The molecule has 36 heavy (non-hydrogen) atoms. The second-order valence-electron chi connectivity index (χ2n) is 10.8. The van der Waals surface area contributed by atoms with E-state index < -0.39 is 17.6 Å². The van der Waals surface area contributed by atoms with E-state index in [0.29, 0.717) is 30.0 Å². The number of ether oxygens (including phenoxy) is 1. The van der Waals surface area contributed by atoms with Gasteiger partial charge in [-0.05, 0) is 45.2 Å². The van der Waals surface area contributed by atoms with Crippen molar-refractivity contribution in [2.24, 2.45) is 0 Å². The quantitative estimate of drug-likeness (QED) is 0.571. The SMILES string of the molecule is CC(C)(C)OC(=O)N1C[C@@H]2C[C@H]1CN2CC(=O)Nc1cc2c(cn1)C(=O)N(C1CCC(=O)NC1=O)C2. The predicted molar refractivity (Wildman–Crippen MR) is 126 cm³/mol. The summed E-state index contributed by atoms with van der Waals surface area (Å²) in [7, 11) is 0. The van der Waals surface area contributed by atoms with Gasteiger partial charge in [-0.1, -0.05) is 0 Å². The minimum absolute atomic E-state index is 0.0278. The third-order valence-electron chi connectivity index (χ3n) is 7.00. The first-order valence-electron chi connectivity index (χ1n) is 12.2. The molecule has 1 aromatic heterocycles. The molecule has 1 aromatic rings. The average molecular weight is 499 g/mol. The zero-order valence-corrected chi connectivity index (χ0v) is 20.6. The Morgan fingerprint density at radius 2 is 1.97 bits per heavy atom. The van der Waals surface area contributed by atoms with Gasteiger partial charge in [-0.25, -0.2) is 9.78 Å². The molecule has 0 radical (unpaired) electrons. The summed E-state index contributed by atoms with van der Waals surface area (Å²) in [5.74, 6) is -1.02. The molecule has 0 saturated carbocycles. The molecule has 5 amide bonds. The number of piperazine rings is 1. The van der Waals surface area contributed by atoms with Gasteiger partial charge in [0.2, 0.25) is 17.7 Å². The standard InChI is InChI=1S/C24H30N6O6/c1-24(2,3)36-23(35)29-11-14-7-15(29)10-28(14)12-20(32)26-18-6-13-9-30(22(34)16(13)8-25-18)17-4-5-19(31)27-21(17)33/h6,8,14-15,17H,4-5,7,9-12H2,1-3H3,(H,25,26,32)(H,27,31,33)/t14-,15-,17?/m0/s1. The van der Waals surface area contributed by atoms with Crippen molar-refractivity contribution in [3.8, 4) is 0 Å². The van der Waals surface area contributed by atoms with Gasteiger partial charge in [0.1, 0.15) is 17.5 Å². The molecular weight excluding hydrogens is 468 g/mol. The van der Waals surface area contributed by atoms with E-state index in [1.807, 2.05) is 20.8 Å². The van der Waals surface area contributed by atoms with E-state index in [-0.39, 0.29) is 61.8 Å². The van der Waals surface area contributed by atoms with Gasteiger partial charge in [-0.2, -0.15) is 0 Å². The second-order valence-corrected chi connectivity index (χ2v) is 10.8. The molecular formula is C24H30N6O6. The molecule has 4 aliphatic heterocycles. The molecule has 2 bridgehead atoms. The van der Waals surface area contributed by atoms with Crippen LogP contribution >= 0.6 is 0 Å². The van der Waals surface area contributed by atoms with Gasteiger partial charge in [0.15, 0.2) is 0 Å². The Hall–Kier alpha value is -3.54. The van der Waals surface area contributed by atoms with Crippen LogP contribution < -0.4 is 10.6 Å². The van der Waals surface area contributed by atoms with E-state index in [1.54, 1.807) is 11.0 Å². The fourth-order valence-corrected chi connectivity index (χ4v) is 5.38. The number of hydrogen-bond donors (Lipinski definition) is 2. The Morgan fingerprint density at radius 3 is 2.64 bits per heavy atom. The van der Waals surface area contributed by atoms with Crippen LogP contribution in [0.15, 0.2) is 12.3 Å². The summed E-state index contributed by atoms with van der Waals surface area (Å²) < 4.78 is 5.49. The highest BCUT2D eigenvalue weighted by Gasteiger charge is 2.47. The Bertz CT molecular complexity index is 1150. The maximum absolute atomic E-state index is 12.8. The van der Waals surface area contributed by atoms with Gasteiger partial charge in [0, 0.05) is 44.3 Å². The van der Waals surface area contributed by atoms with Crippen LogP contribution in [0.4, 0.5) is 10.6 Å². The summed E-state index contributed by atoms with van der Waals surface area (Å²) in [5, 5.41) is 5.07. The first-order valence-corrected chi connectivity index (χ1v) is 12.2. The molecule has 12 heteroatoms. The lowest BCUT2D eigenvalue weighted by Gasteiger charge is -2.34. The Labute approximate surface area is 208 Å². The van der Waals surface area contributed by atoms with E-state index in [9.17, 15) is 24.0 Å². The van der Waals surface area contributed by atoms with Crippen molar-refractivity contribution in [2.75, 3.05) is 25.0 Å². The van der Waals surface area contributed by atoms with Crippen molar-refractivity contribution in [2.45, 2.75) is 70.3 Å². The summed E-state index contributed by atoms with van der Waals surface area (Å²) in [6, 6.07) is 1.07. The minimum atomic E-state index is -0.702. The van der Waals surface area contributed by atoms with Crippen molar-refractivity contribution in [1.29, 1.82) is 0 Å². The van der Waals surface area contributed by atoms with Crippen molar-refractivity contribution in [3.05, 3.63) is 23.4 Å². The number of nitrogens with zero attached hydrogens (tertiary/aromatic N) is 4. The highest BCUT2D eigenvalue weighted by atomic mass is 16.6. The van der Waals surface area contributed by atoms with Crippen molar-refractivity contribution < 1.29 is 28.7 Å². The number of amides is 5. The number of carbonyl (C=O) groups excluding carboxylic acids is 5. The number of hydrogen-bond acceptors (Lipinski definition) is 8. The third kappa shape index (κ3) is 4.64. The van der Waals surface area contributed by atoms with Crippen LogP contribution in [0, 0.1) is 0 Å². The van der Waals surface area contributed by atoms with Gasteiger partial charge >= 0.3 is 6.09 Å². The molecule has 192 valence electrons. The first-order chi connectivity index (χ1) is 17.0. The normalized spacial score (nSPS) is 25.8. The lowest BCUT2D eigenvalue weighted by molar-refractivity contribution is -0.137. The van der Waals surface area contributed by atoms with E-state index in [1.165, 1.54) is 11.1 Å². The van der Waals surface area contributed by atoms with Crippen molar-refractivity contribution in [3.63, 3.8) is 0 Å². The number of imide groups is 1. The van der Waals surface area contributed by atoms with E-state index in [0.717, 1.165) is 6.42 Å². The highest BCUT2D eigenvalue weighted by molar-refractivity contribution is 6.05.